The fourth-order valence-electron chi connectivity index (χ4n) is 2.90. The van der Waals surface area contributed by atoms with E-state index in [0.717, 1.165) is 16.3 Å². The summed E-state index contributed by atoms with van der Waals surface area (Å²) in [5, 5.41) is 2.31. The van der Waals surface area contributed by atoms with Crippen molar-refractivity contribution in [2.75, 3.05) is 17.6 Å². The summed E-state index contributed by atoms with van der Waals surface area (Å²) < 4.78 is 23.4. The zero-order chi connectivity index (χ0) is 20.4. The average molecular weight is 427 g/mol. The van der Waals surface area contributed by atoms with Crippen LogP contribution in [0.25, 0.3) is 21.9 Å². The van der Waals surface area contributed by atoms with Crippen LogP contribution in [0.1, 0.15) is 0 Å². The predicted molar refractivity (Wildman–Crippen MR) is 117 cm³/mol. The van der Waals surface area contributed by atoms with Crippen LogP contribution in [0.2, 0.25) is 5.02 Å². The van der Waals surface area contributed by atoms with Gasteiger partial charge in [0.25, 0.3) is 0 Å². The number of hydrogen-bond donors (Lipinski definition) is 2. The molecule has 29 heavy (non-hydrogen) atoms. The molecule has 0 aliphatic carbocycles. The Balaban J connectivity index is 1.64. The second kappa shape index (κ2) is 8.14. The molecule has 0 unspecified atom stereocenters. The lowest BCUT2D eigenvalue weighted by molar-refractivity contribution is 0.387. The number of ether oxygens (including phenoxy) is 1. The van der Waals surface area contributed by atoms with Crippen LogP contribution in [0.4, 0.5) is 15.9 Å². The van der Waals surface area contributed by atoms with E-state index in [1.807, 2.05) is 18.2 Å². The highest BCUT2D eigenvalue weighted by Gasteiger charge is 2.13. The molecular weight excluding hydrogens is 411 g/mol. The largest absolute Gasteiger partial charge is 0.480 e. The molecule has 0 fully saturated rings. The zero-order valence-corrected chi connectivity index (χ0v) is 16.9. The Morgan fingerprint density at radius 3 is 2.76 bits per heavy atom. The molecule has 4 rings (SSSR count). The van der Waals surface area contributed by atoms with Gasteiger partial charge in [0.1, 0.15) is 5.82 Å². The van der Waals surface area contributed by atoms with Gasteiger partial charge in [-0.2, -0.15) is 0 Å². The molecule has 0 atom stereocenters. The van der Waals surface area contributed by atoms with Crippen LogP contribution in [0.3, 0.4) is 0 Å². The van der Waals surface area contributed by atoms with E-state index in [4.69, 9.17) is 22.1 Å². The molecule has 0 saturated heterocycles. The van der Waals surface area contributed by atoms with Gasteiger partial charge in [0.2, 0.25) is 5.88 Å². The molecule has 3 N–H and O–H groups in total. The van der Waals surface area contributed by atoms with Crippen LogP contribution < -0.4 is 15.2 Å². The Bertz CT molecular complexity index is 1200. The van der Waals surface area contributed by atoms with Crippen LogP contribution in [-0.4, -0.2) is 17.1 Å². The third kappa shape index (κ3) is 4.06. The number of benzene rings is 2. The minimum Gasteiger partial charge on any atom is -0.480 e. The molecule has 0 aliphatic rings. The molecule has 2 heterocycles. The summed E-state index contributed by atoms with van der Waals surface area (Å²) in [7, 11) is 1.52. The second-order valence-electron chi connectivity index (χ2n) is 6.20. The van der Waals surface area contributed by atoms with E-state index in [-0.39, 0.29) is 5.82 Å². The number of aromatic nitrogens is 2. The molecular formula is C21H16ClFN4OS. The van der Waals surface area contributed by atoms with E-state index in [2.05, 4.69) is 14.7 Å². The Labute approximate surface area is 176 Å². The fourth-order valence-corrected chi connectivity index (χ4v) is 3.91. The van der Waals surface area contributed by atoms with Gasteiger partial charge in [-0.15, -0.1) is 0 Å². The van der Waals surface area contributed by atoms with E-state index >= 15 is 4.39 Å². The first-order chi connectivity index (χ1) is 14.0. The van der Waals surface area contributed by atoms with Gasteiger partial charge < -0.3 is 15.2 Å². The first-order valence-electron chi connectivity index (χ1n) is 8.61. The van der Waals surface area contributed by atoms with Gasteiger partial charge in [-0.05, 0) is 47.2 Å². The number of anilines is 2. The molecule has 2 aromatic carbocycles. The molecule has 0 saturated carbocycles. The number of pyridine rings is 2. The number of nitrogens with one attached hydrogen (secondary N) is 1. The topological polar surface area (TPSA) is 73.1 Å². The van der Waals surface area contributed by atoms with Crippen LogP contribution in [0, 0.1) is 5.82 Å². The Morgan fingerprint density at radius 2 is 1.93 bits per heavy atom. The maximum atomic E-state index is 15.2. The highest BCUT2D eigenvalue weighted by atomic mass is 35.5. The molecule has 8 heteroatoms. The monoisotopic (exact) mass is 426 g/mol. The van der Waals surface area contributed by atoms with E-state index in [0.29, 0.717) is 32.9 Å². The number of fused-ring (bicyclic) bond motifs is 1. The van der Waals surface area contributed by atoms with Crippen molar-refractivity contribution in [2.24, 2.45) is 0 Å². The summed E-state index contributed by atoms with van der Waals surface area (Å²) in [6, 6.07) is 14.3. The van der Waals surface area contributed by atoms with Gasteiger partial charge in [-0.1, -0.05) is 35.9 Å². The first kappa shape index (κ1) is 19.3. The normalized spacial score (nSPS) is 10.9. The summed E-state index contributed by atoms with van der Waals surface area (Å²) in [6.07, 6.45) is 3.18. The maximum Gasteiger partial charge on any atom is 0.228 e. The summed E-state index contributed by atoms with van der Waals surface area (Å²) in [4.78, 5) is 8.87. The molecule has 5 nitrogen and oxygen atoms in total. The second-order valence-corrected chi connectivity index (χ2v) is 7.49. The minimum absolute atomic E-state index is 0.338. The molecule has 0 aliphatic heterocycles. The summed E-state index contributed by atoms with van der Waals surface area (Å²) in [5.41, 5.74) is 7.29. The number of halogens is 2. The third-order valence-electron chi connectivity index (χ3n) is 4.30. The smallest absolute Gasteiger partial charge is 0.228 e. The Morgan fingerprint density at radius 1 is 1.07 bits per heavy atom. The molecule has 0 spiro atoms. The lowest BCUT2D eigenvalue weighted by Gasteiger charge is -2.12. The summed E-state index contributed by atoms with van der Waals surface area (Å²) in [6.45, 7) is 0. The standard InChI is InChI=1S/C21H16ClFN4OS/c1-28-21-18(9-15(22)11-26-21)29-27-17-4-2-3-16(20(17)23)13-6-5-12-8-19(24)25-10-14(12)7-13/h2-11,27H,1H3,(H2,24,25). The fraction of sp³-hybridized carbons (Fsp3) is 0.0476. The third-order valence-corrected chi connectivity index (χ3v) is 5.34. The molecule has 0 amide bonds. The van der Waals surface area contributed by atoms with E-state index < -0.39 is 0 Å². The minimum atomic E-state index is -0.364. The lowest BCUT2D eigenvalue weighted by atomic mass is 10.0. The van der Waals surface area contributed by atoms with Crippen molar-refractivity contribution in [3.05, 3.63) is 71.8 Å². The van der Waals surface area contributed by atoms with E-state index in [1.54, 1.807) is 36.5 Å². The molecule has 0 radical (unpaired) electrons. The average Bonchev–Trinajstić information content (AvgIpc) is 2.73. The summed E-state index contributed by atoms with van der Waals surface area (Å²) in [5.74, 6) is 0.493. The number of methoxy groups -OCH3 is 1. The quantitative estimate of drug-likeness (QED) is 0.393. The van der Waals surface area contributed by atoms with Crippen LogP contribution in [-0.2, 0) is 0 Å². The number of nitrogens with two attached hydrogens (primary N) is 1. The van der Waals surface area contributed by atoms with Crippen LogP contribution >= 0.6 is 23.5 Å². The van der Waals surface area contributed by atoms with Gasteiger partial charge >= 0.3 is 0 Å². The molecule has 0 bridgehead atoms. The van der Waals surface area contributed by atoms with E-state index in [1.165, 1.54) is 25.3 Å². The predicted octanol–water partition coefficient (Wildman–Crippen LogP) is 5.80. The molecule has 4 aromatic rings. The maximum absolute atomic E-state index is 15.2. The highest BCUT2D eigenvalue weighted by molar-refractivity contribution is 8.00. The molecule has 2 aromatic heterocycles. The van der Waals surface area contributed by atoms with Gasteiger partial charge in [0.15, 0.2) is 5.82 Å². The van der Waals surface area contributed by atoms with Crippen LogP contribution in [0.15, 0.2) is 65.8 Å². The Hall–Kier alpha value is -3.03. The van der Waals surface area contributed by atoms with Gasteiger partial charge in [-0.25, -0.2) is 14.4 Å². The van der Waals surface area contributed by atoms with Gasteiger partial charge in [0, 0.05) is 23.3 Å². The Kier molecular flexibility index (Phi) is 5.42. The number of hydrogen-bond acceptors (Lipinski definition) is 6. The van der Waals surface area contributed by atoms with Crippen molar-refractivity contribution < 1.29 is 9.13 Å². The molecule has 146 valence electrons. The van der Waals surface area contributed by atoms with Crippen molar-refractivity contribution in [2.45, 2.75) is 4.90 Å². The number of nitrogens with zero attached hydrogens (tertiary/aromatic N) is 2. The van der Waals surface area contributed by atoms with Crippen molar-refractivity contribution in [3.63, 3.8) is 0 Å². The zero-order valence-electron chi connectivity index (χ0n) is 15.3. The van der Waals surface area contributed by atoms with Crippen molar-refractivity contribution in [3.8, 4) is 17.0 Å². The van der Waals surface area contributed by atoms with Crippen molar-refractivity contribution >= 4 is 45.8 Å². The number of rotatable bonds is 5. The lowest BCUT2D eigenvalue weighted by Crippen LogP contribution is -1.96. The highest BCUT2D eigenvalue weighted by Crippen LogP contribution is 2.34. The van der Waals surface area contributed by atoms with Crippen LogP contribution in [0.5, 0.6) is 5.88 Å². The summed E-state index contributed by atoms with van der Waals surface area (Å²) >= 11 is 7.18. The van der Waals surface area contributed by atoms with Gasteiger partial charge in [-0.3, -0.25) is 0 Å². The van der Waals surface area contributed by atoms with Gasteiger partial charge in [0.05, 0.1) is 22.7 Å². The van der Waals surface area contributed by atoms with Crippen molar-refractivity contribution in [1.29, 1.82) is 0 Å². The van der Waals surface area contributed by atoms with E-state index in [9.17, 15) is 0 Å². The van der Waals surface area contributed by atoms with Crippen molar-refractivity contribution in [1.82, 2.24) is 9.97 Å². The first-order valence-corrected chi connectivity index (χ1v) is 9.81. The SMILES string of the molecule is COc1ncc(Cl)cc1SNc1cccc(-c2ccc3cc(N)ncc3c2)c1F. The number of nitrogen functional groups attached to an aromatic ring is 1.